The summed E-state index contributed by atoms with van der Waals surface area (Å²) in [6.45, 7) is 3.99. The molecule has 1 aliphatic rings. The summed E-state index contributed by atoms with van der Waals surface area (Å²) in [7, 11) is 0. The lowest BCUT2D eigenvalue weighted by molar-refractivity contribution is 0.211. The second-order valence-corrected chi connectivity index (χ2v) is 2.80. The summed E-state index contributed by atoms with van der Waals surface area (Å²) in [5, 5.41) is 8.82. The molecule has 1 rings (SSSR count). The van der Waals surface area contributed by atoms with Crippen molar-refractivity contribution in [3.05, 3.63) is 12.7 Å². The van der Waals surface area contributed by atoms with Gasteiger partial charge >= 0.3 is 0 Å². The number of aliphatic hydroxyl groups excluding tert-OH is 1. The maximum atomic E-state index is 8.82. The normalized spacial score (nSPS) is 21.4. The number of hydrogen-bond acceptors (Lipinski definition) is 1. The van der Waals surface area contributed by atoms with Crippen LogP contribution in [-0.2, 0) is 0 Å². The summed E-state index contributed by atoms with van der Waals surface area (Å²) >= 11 is 0. The van der Waals surface area contributed by atoms with Gasteiger partial charge in [0.25, 0.3) is 0 Å². The molecule has 0 aliphatic heterocycles. The van der Waals surface area contributed by atoms with Gasteiger partial charge in [-0.05, 0) is 31.1 Å². The van der Waals surface area contributed by atoms with Crippen LogP contribution in [0.5, 0.6) is 0 Å². The summed E-state index contributed by atoms with van der Waals surface area (Å²) in [5.74, 6) is 1.33. The minimum Gasteiger partial charge on any atom is -0.396 e. The highest BCUT2D eigenvalue weighted by Crippen LogP contribution is 2.38. The third-order valence-electron chi connectivity index (χ3n) is 1.99. The van der Waals surface area contributed by atoms with Crippen LogP contribution in [0.4, 0.5) is 0 Å². The average Bonchev–Trinajstić information content (AvgIpc) is 2.64. The number of aliphatic hydroxyl groups is 1. The van der Waals surface area contributed by atoms with Crippen LogP contribution in [0.2, 0.25) is 0 Å². The first kappa shape index (κ1) is 6.81. The Balaban J connectivity index is 2.20. The van der Waals surface area contributed by atoms with E-state index >= 15 is 0 Å². The first-order valence-corrected chi connectivity index (χ1v) is 3.60. The van der Waals surface area contributed by atoms with Crippen LogP contribution >= 0.6 is 0 Å². The third-order valence-corrected chi connectivity index (χ3v) is 1.99. The minimum absolute atomic E-state index is 0.344. The third kappa shape index (κ3) is 1.83. The zero-order chi connectivity index (χ0) is 6.69. The van der Waals surface area contributed by atoms with E-state index in [0.717, 1.165) is 12.3 Å². The van der Waals surface area contributed by atoms with Gasteiger partial charge in [0.05, 0.1) is 0 Å². The Hall–Kier alpha value is -0.300. The van der Waals surface area contributed by atoms with Crippen LogP contribution in [0.1, 0.15) is 19.3 Å². The molecule has 9 heavy (non-hydrogen) atoms. The SMILES string of the molecule is C=CC[C@H](CO)C1CC1. The van der Waals surface area contributed by atoms with Gasteiger partial charge in [0.1, 0.15) is 0 Å². The molecule has 1 aliphatic carbocycles. The van der Waals surface area contributed by atoms with Crippen LogP contribution in [0, 0.1) is 11.8 Å². The van der Waals surface area contributed by atoms with Gasteiger partial charge in [-0.1, -0.05) is 6.08 Å². The van der Waals surface area contributed by atoms with Gasteiger partial charge in [0.2, 0.25) is 0 Å². The Bertz CT molecular complexity index is 94.7. The molecular weight excluding hydrogens is 112 g/mol. The van der Waals surface area contributed by atoms with E-state index in [4.69, 9.17) is 5.11 Å². The topological polar surface area (TPSA) is 20.2 Å². The molecule has 52 valence electrons. The molecule has 0 aromatic carbocycles. The Morgan fingerprint density at radius 3 is 2.67 bits per heavy atom. The van der Waals surface area contributed by atoms with Gasteiger partial charge < -0.3 is 5.11 Å². The molecule has 0 aromatic heterocycles. The Morgan fingerprint density at radius 2 is 2.33 bits per heavy atom. The lowest BCUT2D eigenvalue weighted by Gasteiger charge is -2.07. The van der Waals surface area contributed by atoms with Gasteiger partial charge in [0.15, 0.2) is 0 Å². The molecule has 0 saturated heterocycles. The van der Waals surface area contributed by atoms with E-state index in [-0.39, 0.29) is 0 Å². The van der Waals surface area contributed by atoms with Gasteiger partial charge in [-0.3, -0.25) is 0 Å². The molecule has 1 N–H and O–H groups in total. The van der Waals surface area contributed by atoms with Crippen molar-refractivity contribution in [2.24, 2.45) is 11.8 Å². The molecule has 0 unspecified atom stereocenters. The number of hydrogen-bond donors (Lipinski definition) is 1. The first-order valence-electron chi connectivity index (χ1n) is 3.60. The maximum Gasteiger partial charge on any atom is 0.0464 e. The molecule has 0 aromatic rings. The molecule has 1 atom stereocenters. The molecule has 0 amide bonds. The molecule has 1 nitrogen and oxygen atoms in total. The number of rotatable bonds is 4. The van der Waals surface area contributed by atoms with Crippen LogP contribution in [0.25, 0.3) is 0 Å². The maximum absolute atomic E-state index is 8.82. The Kier molecular flexibility index (Phi) is 2.29. The first-order chi connectivity index (χ1) is 4.38. The summed E-state index contributed by atoms with van der Waals surface area (Å²) in [6.07, 6.45) is 5.53. The Labute approximate surface area is 56.4 Å². The van der Waals surface area contributed by atoms with Crippen molar-refractivity contribution in [1.29, 1.82) is 0 Å². The monoisotopic (exact) mass is 126 g/mol. The Morgan fingerprint density at radius 1 is 1.67 bits per heavy atom. The van der Waals surface area contributed by atoms with E-state index in [1.165, 1.54) is 12.8 Å². The van der Waals surface area contributed by atoms with Crippen molar-refractivity contribution in [2.45, 2.75) is 19.3 Å². The zero-order valence-corrected chi connectivity index (χ0v) is 5.71. The second-order valence-electron chi connectivity index (χ2n) is 2.80. The van der Waals surface area contributed by atoms with Crippen molar-refractivity contribution in [3.8, 4) is 0 Å². The summed E-state index contributed by atoms with van der Waals surface area (Å²) in [5.41, 5.74) is 0. The standard InChI is InChI=1S/C8H14O/c1-2-3-8(6-9)7-4-5-7/h2,7-9H,1,3-6H2/t8-/m1/s1. The van der Waals surface area contributed by atoms with Crippen LogP contribution in [-0.4, -0.2) is 11.7 Å². The lowest BCUT2D eigenvalue weighted by atomic mass is 10.0. The molecule has 0 heterocycles. The minimum atomic E-state index is 0.344. The summed E-state index contributed by atoms with van der Waals surface area (Å²) in [4.78, 5) is 0. The van der Waals surface area contributed by atoms with E-state index in [1.54, 1.807) is 0 Å². The quantitative estimate of drug-likeness (QED) is 0.567. The zero-order valence-electron chi connectivity index (χ0n) is 5.71. The van der Waals surface area contributed by atoms with Gasteiger partial charge in [0, 0.05) is 6.61 Å². The van der Waals surface area contributed by atoms with Gasteiger partial charge in [-0.15, -0.1) is 6.58 Å². The van der Waals surface area contributed by atoms with E-state index < -0.39 is 0 Å². The molecule has 0 radical (unpaired) electrons. The highest BCUT2D eigenvalue weighted by molar-refractivity contribution is 4.85. The summed E-state index contributed by atoms with van der Waals surface area (Å²) < 4.78 is 0. The van der Waals surface area contributed by atoms with E-state index in [9.17, 15) is 0 Å². The predicted octanol–water partition coefficient (Wildman–Crippen LogP) is 1.58. The largest absolute Gasteiger partial charge is 0.396 e. The van der Waals surface area contributed by atoms with Crippen molar-refractivity contribution in [2.75, 3.05) is 6.61 Å². The fourth-order valence-corrected chi connectivity index (χ4v) is 1.20. The highest BCUT2D eigenvalue weighted by atomic mass is 16.3. The van der Waals surface area contributed by atoms with E-state index in [2.05, 4.69) is 6.58 Å². The van der Waals surface area contributed by atoms with Crippen LogP contribution in [0.15, 0.2) is 12.7 Å². The fourth-order valence-electron chi connectivity index (χ4n) is 1.20. The average molecular weight is 126 g/mol. The van der Waals surface area contributed by atoms with Gasteiger partial charge in [-0.25, -0.2) is 0 Å². The van der Waals surface area contributed by atoms with Gasteiger partial charge in [-0.2, -0.15) is 0 Å². The summed E-state index contributed by atoms with van der Waals surface area (Å²) in [6, 6.07) is 0. The molecule has 1 fully saturated rings. The fraction of sp³-hybridized carbons (Fsp3) is 0.750. The molecular formula is C8H14O. The van der Waals surface area contributed by atoms with Crippen molar-refractivity contribution < 1.29 is 5.11 Å². The molecule has 0 bridgehead atoms. The highest BCUT2D eigenvalue weighted by Gasteiger charge is 2.29. The van der Waals surface area contributed by atoms with Crippen molar-refractivity contribution in [1.82, 2.24) is 0 Å². The van der Waals surface area contributed by atoms with Crippen molar-refractivity contribution in [3.63, 3.8) is 0 Å². The number of allylic oxidation sites excluding steroid dienone is 1. The lowest BCUT2D eigenvalue weighted by Crippen LogP contribution is -2.06. The van der Waals surface area contributed by atoms with Crippen LogP contribution < -0.4 is 0 Å². The smallest absolute Gasteiger partial charge is 0.0464 e. The van der Waals surface area contributed by atoms with E-state index in [1.807, 2.05) is 6.08 Å². The molecule has 1 saturated carbocycles. The van der Waals surface area contributed by atoms with Crippen molar-refractivity contribution >= 4 is 0 Å². The molecule has 0 spiro atoms. The molecule has 1 heteroatoms. The van der Waals surface area contributed by atoms with E-state index in [0.29, 0.717) is 12.5 Å². The van der Waals surface area contributed by atoms with Crippen LogP contribution in [0.3, 0.4) is 0 Å². The second kappa shape index (κ2) is 3.02. The predicted molar refractivity (Wildman–Crippen MR) is 38.1 cm³/mol.